The van der Waals surface area contributed by atoms with Gasteiger partial charge in [-0.3, -0.25) is 14.4 Å². The molecule has 0 N–H and O–H groups in total. The van der Waals surface area contributed by atoms with E-state index in [0.717, 1.165) is 43.8 Å². The minimum Gasteiger partial charge on any atom is -0.448 e. The molecule has 1 amide bonds. The van der Waals surface area contributed by atoms with Crippen LogP contribution in [-0.2, 0) is 23.2 Å². The summed E-state index contributed by atoms with van der Waals surface area (Å²) in [6, 6.07) is 2.66. The maximum absolute atomic E-state index is 14.5. The molecule has 0 bridgehead atoms. The number of rotatable bonds is 5. The smallest absolute Gasteiger partial charge is 0.257 e. The Balaban J connectivity index is 1.31. The number of hydrogen-bond donors (Lipinski definition) is 0. The van der Waals surface area contributed by atoms with Crippen LogP contribution in [0.5, 0.6) is 11.5 Å². The van der Waals surface area contributed by atoms with E-state index in [1.807, 2.05) is 6.08 Å². The predicted octanol–water partition coefficient (Wildman–Crippen LogP) is 3.48. The molecule has 3 aliphatic heterocycles. The Labute approximate surface area is 184 Å². The van der Waals surface area contributed by atoms with Gasteiger partial charge in [0.2, 0.25) is 0 Å². The van der Waals surface area contributed by atoms with Gasteiger partial charge in [0.15, 0.2) is 23.1 Å². The zero-order chi connectivity index (χ0) is 22.4. The van der Waals surface area contributed by atoms with Crippen LogP contribution in [-0.4, -0.2) is 50.7 Å². The molecule has 5 rings (SSSR count). The molecular weight excluding hydrogens is 418 g/mol. The van der Waals surface area contributed by atoms with Crippen LogP contribution in [0.3, 0.4) is 0 Å². The molecule has 2 saturated heterocycles. The molecule has 3 aliphatic rings. The van der Waals surface area contributed by atoms with Crippen molar-refractivity contribution >= 4 is 5.91 Å². The summed E-state index contributed by atoms with van der Waals surface area (Å²) < 4.78 is 41.7. The first-order valence-corrected chi connectivity index (χ1v) is 10.7. The van der Waals surface area contributed by atoms with Crippen LogP contribution in [0.25, 0.3) is 0 Å². The summed E-state index contributed by atoms with van der Waals surface area (Å²) in [4.78, 5) is 16.9. The Kier molecular flexibility index (Phi) is 5.21. The molecule has 32 heavy (non-hydrogen) atoms. The van der Waals surface area contributed by atoms with Crippen LogP contribution in [0.4, 0.5) is 8.78 Å². The van der Waals surface area contributed by atoms with Gasteiger partial charge in [-0.15, -0.1) is 0 Å². The van der Waals surface area contributed by atoms with Crippen LogP contribution < -0.4 is 4.74 Å². The molecule has 0 aliphatic carbocycles. The molecule has 0 spiro atoms. The van der Waals surface area contributed by atoms with Gasteiger partial charge >= 0.3 is 0 Å². The maximum atomic E-state index is 14.5. The number of hydrogen-bond acceptors (Lipinski definition) is 5. The number of ether oxygens (including phenoxy) is 2. The van der Waals surface area contributed by atoms with Crippen LogP contribution in [0.2, 0.25) is 0 Å². The molecule has 9 heteroatoms. The van der Waals surface area contributed by atoms with E-state index in [1.54, 1.807) is 11.9 Å². The van der Waals surface area contributed by atoms with E-state index in [1.165, 1.54) is 17.1 Å². The van der Waals surface area contributed by atoms with Crippen molar-refractivity contribution in [3.63, 3.8) is 0 Å². The second-order valence-corrected chi connectivity index (χ2v) is 8.38. The number of carbonyl (C=O) groups excluding carboxylic acids is 1. The van der Waals surface area contributed by atoms with E-state index >= 15 is 0 Å². The number of fused-ring (bicyclic) bond motifs is 3. The van der Waals surface area contributed by atoms with Gasteiger partial charge in [-0.05, 0) is 43.0 Å². The van der Waals surface area contributed by atoms with Crippen molar-refractivity contribution in [3.8, 4) is 11.5 Å². The Hall–Kier alpha value is -3.20. The van der Waals surface area contributed by atoms with Crippen molar-refractivity contribution in [1.29, 1.82) is 0 Å². The number of piperidine rings is 1. The third-order valence-corrected chi connectivity index (χ3v) is 6.14. The lowest BCUT2D eigenvalue weighted by atomic mass is 10.0. The summed E-state index contributed by atoms with van der Waals surface area (Å²) in [5, 5.41) is 3.91. The predicted molar refractivity (Wildman–Crippen MR) is 111 cm³/mol. The lowest BCUT2D eigenvalue weighted by Crippen LogP contribution is -2.39. The normalized spacial score (nSPS) is 22.7. The summed E-state index contributed by atoms with van der Waals surface area (Å²) in [6.07, 6.45) is 7.44. The van der Waals surface area contributed by atoms with Crippen LogP contribution in [0, 0.1) is 11.6 Å². The van der Waals surface area contributed by atoms with Gasteiger partial charge in [-0.2, -0.15) is 5.10 Å². The first-order chi connectivity index (χ1) is 15.4. The summed E-state index contributed by atoms with van der Waals surface area (Å²) >= 11 is 0. The van der Waals surface area contributed by atoms with Crippen molar-refractivity contribution in [1.82, 2.24) is 19.6 Å². The fourth-order valence-electron chi connectivity index (χ4n) is 4.55. The lowest BCUT2D eigenvalue weighted by Gasteiger charge is -2.34. The van der Waals surface area contributed by atoms with Gasteiger partial charge in [-0.1, -0.05) is 6.58 Å². The Morgan fingerprint density at radius 3 is 2.75 bits per heavy atom. The number of halogens is 2. The van der Waals surface area contributed by atoms with E-state index in [-0.39, 0.29) is 18.3 Å². The molecule has 2 atom stereocenters. The van der Waals surface area contributed by atoms with Crippen molar-refractivity contribution in [2.45, 2.75) is 38.0 Å². The van der Waals surface area contributed by atoms with Gasteiger partial charge in [0.1, 0.15) is 11.9 Å². The number of carbonyl (C=O) groups is 1. The second kappa shape index (κ2) is 8.05. The molecule has 2 aromatic rings. The van der Waals surface area contributed by atoms with Gasteiger partial charge < -0.3 is 14.4 Å². The zero-order valence-electron chi connectivity index (χ0n) is 17.8. The molecule has 1 aromatic carbocycles. The van der Waals surface area contributed by atoms with Gasteiger partial charge in [-0.25, -0.2) is 8.78 Å². The van der Waals surface area contributed by atoms with Gasteiger partial charge in [0.25, 0.3) is 5.91 Å². The SMILES string of the molecule is C=C1C(=O)N2C[C@H]3CCCCN3C2=CC1OCc1cc(F)c(Oc2cnn(C)c2)c(F)c1. The first kappa shape index (κ1) is 20.7. The number of benzene rings is 1. The fourth-order valence-corrected chi connectivity index (χ4v) is 4.55. The molecule has 2 fully saturated rings. The summed E-state index contributed by atoms with van der Waals surface area (Å²) in [5.41, 5.74) is 0.618. The average molecular weight is 442 g/mol. The Morgan fingerprint density at radius 1 is 1.25 bits per heavy atom. The second-order valence-electron chi connectivity index (χ2n) is 8.38. The number of aromatic nitrogens is 2. The lowest BCUT2D eigenvalue weighted by molar-refractivity contribution is -0.127. The Morgan fingerprint density at radius 2 is 2.03 bits per heavy atom. The van der Waals surface area contributed by atoms with E-state index in [0.29, 0.717) is 23.7 Å². The van der Waals surface area contributed by atoms with Crippen molar-refractivity contribution < 1.29 is 23.0 Å². The molecule has 1 unspecified atom stereocenters. The highest BCUT2D eigenvalue weighted by Gasteiger charge is 2.43. The number of nitrogens with zero attached hydrogens (tertiary/aromatic N) is 4. The highest BCUT2D eigenvalue weighted by molar-refractivity contribution is 5.97. The number of amides is 1. The average Bonchev–Trinajstić information content (AvgIpc) is 3.35. The minimum absolute atomic E-state index is 0.0782. The minimum atomic E-state index is -0.845. The fraction of sp³-hybridized carbons (Fsp3) is 0.391. The topological polar surface area (TPSA) is 59.8 Å². The molecule has 7 nitrogen and oxygen atoms in total. The monoisotopic (exact) mass is 442 g/mol. The molecular formula is C23H24F2N4O3. The van der Waals surface area contributed by atoms with E-state index < -0.39 is 23.5 Å². The van der Waals surface area contributed by atoms with Crippen LogP contribution in [0.1, 0.15) is 24.8 Å². The largest absolute Gasteiger partial charge is 0.448 e. The van der Waals surface area contributed by atoms with E-state index in [2.05, 4.69) is 16.6 Å². The highest BCUT2D eigenvalue weighted by atomic mass is 19.1. The molecule has 0 radical (unpaired) electrons. The number of aryl methyl sites for hydroxylation is 1. The van der Waals surface area contributed by atoms with Crippen molar-refractivity contribution in [2.24, 2.45) is 7.05 Å². The van der Waals surface area contributed by atoms with Gasteiger partial charge in [0.05, 0.1) is 19.0 Å². The maximum Gasteiger partial charge on any atom is 0.257 e. The summed E-state index contributed by atoms with van der Waals surface area (Å²) in [5.74, 6) is -1.26. The van der Waals surface area contributed by atoms with E-state index in [9.17, 15) is 13.6 Å². The first-order valence-electron chi connectivity index (χ1n) is 10.7. The van der Waals surface area contributed by atoms with Crippen LogP contribution in [0.15, 0.2) is 48.6 Å². The zero-order valence-corrected chi connectivity index (χ0v) is 17.8. The molecule has 1 aromatic heterocycles. The Bertz CT molecular complexity index is 1090. The van der Waals surface area contributed by atoms with Crippen LogP contribution >= 0.6 is 0 Å². The standard InChI is InChI=1S/C23H24F2N4O3/c1-14-20(9-21-28-6-4-3-5-16(28)11-29(21)23(14)30)31-13-15-7-18(24)22(19(25)8-15)32-17-10-26-27(2)12-17/h7-10,12,16,20H,1,3-6,11,13H2,2H3/t16-,20?/m1/s1. The van der Waals surface area contributed by atoms with E-state index in [4.69, 9.17) is 9.47 Å². The van der Waals surface area contributed by atoms with Gasteiger partial charge in [0, 0.05) is 31.8 Å². The highest BCUT2D eigenvalue weighted by Crippen LogP contribution is 2.36. The quantitative estimate of drug-likeness (QED) is 0.664. The summed E-state index contributed by atoms with van der Waals surface area (Å²) in [6.45, 7) is 5.41. The molecule has 0 saturated carbocycles. The van der Waals surface area contributed by atoms with Crippen molar-refractivity contribution in [3.05, 3.63) is 65.8 Å². The molecule has 168 valence electrons. The third-order valence-electron chi connectivity index (χ3n) is 6.14. The molecule has 4 heterocycles. The summed E-state index contributed by atoms with van der Waals surface area (Å²) in [7, 11) is 1.68. The third kappa shape index (κ3) is 3.66. The van der Waals surface area contributed by atoms with Crippen molar-refractivity contribution in [2.75, 3.05) is 13.1 Å².